The van der Waals surface area contributed by atoms with E-state index in [4.69, 9.17) is 0 Å². The summed E-state index contributed by atoms with van der Waals surface area (Å²) in [5.74, 6) is -0.142. The first-order chi connectivity index (χ1) is 5.83. The normalized spacial score (nSPS) is 9.33. The third kappa shape index (κ3) is 2.62. The molecule has 0 radical (unpaired) electrons. The van der Waals surface area contributed by atoms with Crippen molar-refractivity contribution in [3.63, 3.8) is 0 Å². The molecule has 0 aliphatic rings. The molecule has 0 spiro atoms. The zero-order valence-corrected chi connectivity index (χ0v) is 6.56. The van der Waals surface area contributed by atoms with Crippen LogP contribution in [-0.4, -0.2) is 12.3 Å². The summed E-state index contributed by atoms with van der Waals surface area (Å²) in [6.07, 6.45) is 0.298. The van der Waals surface area contributed by atoms with Crippen molar-refractivity contribution in [2.75, 3.05) is 6.54 Å². The summed E-state index contributed by atoms with van der Waals surface area (Å²) in [6, 6.07) is 9.30. The summed E-state index contributed by atoms with van der Waals surface area (Å²) in [6.45, 7) is -0.227. The maximum Gasteiger partial charge on any atom is 0.162 e. The molecule has 3 heteroatoms. The van der Waals surface area contributed by atoms with Gasteiger partial charge in [-0.15, -0.1) is 0 Å². The van der Waals surface area contributed by atoms with Gasteiger partial charge < -0.3 is 0 Å². The molecule has 62 valence electrons. The van der Waals surface area contributed by atoms with E-state index >= 15 is 0 Å². The van der Waals surface area contributed by atoms with Crippen LogP contribution in [0, 0.1) is 4.91 Å². The number of carbonyl (C=O) groups excluding carboxylic acids is 1. The average molecular weight is 163 g/mol. The van der Waals surface area contributed by atoms with Gasteiger partial charge in [-0.1, -0.05) is 35.5 Å². The summed E-state index contributed by atoms with van der Waals surface area (Å²) in [5.41, 5.74) is 0.922. The maximum absolute atomic E-state index is 10.9. The molecule has 0 aliphatic carbocycles. The van der Waals surface area contributed by atoms with Gasteiger partial charge in [-0.25, -0.2) is 0 Å². The molecule has 0 aliphatic heterocycles. The number of nitroso groups, excluding NO2 is 1. The predicted molar refractivity (Wildman–Crippen MR) is 45.8 cm³/mol. The van der Waals surface area contributed by atoms with Gasteiger partial charge in [0.2, 0.25) is 0 Å². The molecule has 0 saturated carbocycles. The Balaban J connectivity index is 2.52. The topological polar surface area (TPSA) is 46.5 Å². The van der Waals surface area contributed by atoms with Crippen molar-refractivity contribution >= 4 is 5.78 Å². The molecule has 0 bridgehead atoms. The average Bonchev–Trinajstić information content (AvgIpc) is 2.06. The molecule has 0 N–H and O–H groups in total. The van der Waals surface area contributed by atoms with E-state index in [0.29, 0.717) is 6.42 Å². The van der Waals surface area contributed by atoms with E-state index in [1.54, 1.807) is 0 Å². The van der Waals surface area contributed by atoms with Gasteiger partial charge in [-0.3, -0.25) is 4.79 Å². The van der Waals surface area contributed by atoms with Crippen molar-refractivity contribution in [1.82, 2.24) is 0 Å². The number of carbonyl (C=O) groups is 1. The van der Waals surface area contributed by atoms with Gasteiger partial charge in [-0.2, -0.15) is 4.91 Å². The van der Waals surface area contributed by atoms with Crippen molar-refractivity contribution in [2.45, 2.75) is 6.42 Å². The highest BCUT2D eigenvalue weighted by atomic mass is 16.3. The fraction of sp³-hybridized carbons (Fsp3) is 0.222. The molecule has 0 saturated heterocycles. The van der Waals surface area contributed by atoms with Gasteiger partial charge in [0, 0.05) is 6.42 Å². The van der Waals surface area contributed by atoms with E-state index in [1.165, 1.54) is 0 Å². The summed E-state index contributed by atoms with van der Waals surface area (Å²) < 4.78 is 0. The van der Waals surface area contributed by atoms with Gasteiger partial charge in [0.15, 0.2) is 5.78 Å². The van der Waals surface area contributed by atoms with Gasteiger partial charge >= 0.3 is 0 Å². The first-order valence-electron chi connectivity index (χ1n) is 3.67. The Bertz CT molecular complexity index is 269. The van der Waals surface area contributed by atoms with E-state index in [9.17, 15) is 9.70 Å². The van der Waals surface area contributed by atoms with Gasteiger partial charge in [0.25, 0.3) is 0 Å². The van der Waals surface area contributed by atoms with Crippen LogP contribution in [0.25, 0.3) is 0 Å². The van der Waals surface area contributed by atoms with Gasteiger partial charge in [0.05, 0.1) is 0 Å². The van der Waals surface area contributed by atoms with E-state index in [0.717, 1.165) is 5.56 Å². The summed E-state index contributed by atoms with van der Waals surface area (Å²) >= 11 is 0. The lowest BCUT2D eigenvalue weighted by Gasteiger charge is -1.95. The SMILES string of the molecule is O=NCC(=O)Cc1ccccc1. The van der Waals surface area contributed by atoms with Crippen LogP contribution in [0.1, 0.15) is 5.56 Å². The highest BCUT2D eigenvalue weighted by molar-refractivity contribution is 5.82. The highest BCUT2D eigenvalue weighted by Crippen LogP contribution is 1.99. The van der Waals surface area contributed by atoms with Crippen LogP contribution >= 0.6 is 0 Å². The van der Waals surface area contributed by atoms with E-state index < -0.39 is 0 Å². The molecule has 12 heavy (non-hydrogen) atoms. The molecule has 0 unspecified atom stereocenters. The minimum absolute atomic E-state index is 0.142. The highest BCUT2D eigenvalue weighted by Gasteiger charge is 2.01. The maximum atomic E-state index is 10.9. The third-order valence-corrected chi connectivity index (χ3v) is 1.49. The molecular formula is C9H9NO2. The number of rotatable bonds is 4. The Morgan fingerprint density at radius 2 is 1.92 bits per heavy atom. The molecule has 1 aromatic carbocycles. The quantitative estimate of drug-likeness (QED) is 0.632. The summed E-state index contributed by atoms with van der Waals surface area (Å²) in [7, 11) is 0. The van der Waals surface area contributed by atoms with Crippen LogP contribution < -0.4 is 0 Å². The second-order valence-electron chi connectivity index (χ2n) is 2.49. The second kappa shape index (κ2) is 4.38. The van der Waals surface area contributed by atoms with Crippen LogP contribution in [0.4, 0.5) is 0 Å². The zero-order chi connectivity index (χ0) is 8.81. The molecule has 0 amide bonds. The second-order valence-corrected chi connectivity index (χ2v) is 2.49. The third-order valence-electron chi connectivity index (χ3n) is 1.49. The number of benzene rings is 1. The lowest BCUT2D eigenvalue weighted by Crippen LogP contribution is -2.05. The zero-order valence-electron chi connectivity index (χ0n) is 6.56. The number of hydrogen-bond acceptors (Lipinski definition) is 3. The Hall–Kier alpha value is -1.51. The molecule has 0 heterocycles. The summed E-state index contributed by atoms with van der Waals surface area (Å²) in [5, 5.41) is 2.53. The number of nitrogens with zero attached hydrogens (tertiary/aromatic N) is 1. The molecule has 3 nitrogen and oxygen atoms in total. The number of ketones is 1. The minimum atomic E-state index is -0.227. The molecule has 0 fully saturated rings. The lowest BCUT2D eigenvalue weighted by atomic mass is 10.1. The fourth-order valence-corrected chi connectivity index (χ4v) is 0.951. The van der Waals surface area contributed by atoms with Gasteiger partial charge in [0.1, 0.15) is 6.54 Å². The molecule has 0 aromatic heterocycles. The Labute approximate surface area is 70.4 Å². The van der Waals surface area contributed by atoms with E-state index in [-0.39, 0.29) is 12.3 Å². The van der Waals surface area contributed by atoms with Crippen LogP contribution in [0.2, 0.25) is 0 Å². The number of Topliss-reactive ketones (excluding diaryl/α,β-unsaturated/α-hetero) is 1. The van der Waals surface area contributed by atoms with Crippen molar-refractivity contribution in [3.05, 3.63) is 40.8 Å². The van der Waals surface area contributed by atoms with E-state index in [1.807, 2.05) is 30.3 Å². The van der Waals surface area contributed by atoms with Gasteiger partial charge in [-0.05, 0) is 5.56 Å². The monoisotopic (exact) mass is 163 g/mol. The molecule has 1 aromatic rings. The molecule has 0 atom stereocenters. The number of hydrogen-bond donors (Lipinski definition) is 0. The lowest BCUT2D eigenvalue weighted by molar-refractivity contribution is -0.117. The summed E-state index contributed by atoms with van der Waals surface area (Å²) in [4.78, 5) is 20.7. The largest absolute Gasteiger partial charge is 0.297 e. The van der Waals surface area contributed by atoms with Crippen molar-refractivity contribution < 1.29 is 4.79 Å². The van der Waals surface area contributed by atoms with Crippen LogP contribution in [0.15, 0.2) is 35.5 Å². The van der Waals surface area contributed by atoms with E-state index in [2.05, 4.69) is 5.18 Å². The van der Waals surface area contributed by atoms with Crippen molar-refractivity contribution in [2.24, 2.45) is 5.18 Å². The smallest absolute Gasteiger partial charge is 0.162 e. The van der Waals surface area contributed by atoms with Crippen LogP contribution in [0.5, 0.6) is 0 Å². The molecule has 1 rings (SSSR count). The van der Waals surface area contributed by atoms with Crippen molar-refractivity contribution in [3.8, 4) is 0 Å². The minimum Gasteiger partial charge on any atom is -0.297 e. The van der Waals surface area contributed by atoms with Crippen LogP contribution in [0.3, 0.4) is 0 Å². The standard InChI is InChI=1S/C9H9NO2/c11-9(7-10-12)6-8-4-2-1-3-5-8/h1-5H,6-7H2. The first kappa shape index (κ1) is 8.59. The molecular weight excluding hydrogens is 154 g/mol. The predicted octanol–water partition coefficient (Wildman–Crippen LogP) is 1.56. The fourth-order valence-electron chi connectivity index (χ4n) is 0.951. The Kier molecular flexibility index (Phi) is 3.14. The Morgan fingerprint density at radius 3 is 2.50 bits per heavy atom. The first-order valence-corrected chi connectivity index (χ1v) is 3.67. The van der Waals surface area contributed by atoms with Crippen molar-refractivity contribution in [1.29, 1.82) is 0 Å². The Morgan fingerprint density at radius 1 is 1.25 bits per heavy atom. The van der Waals surface area contributed by atoms with Crippen LogP contribution in [-0.2, 0) is 11.2 Å².